The Labute approximate surface area is 369 Å². The van der Waals surface area contributed by atoms with E-state index in [0.717, 1.165) is 51.4 Å². The molecule has 0 rings (SSSR count). The van der Waals surface area contributed by atoms with E-state index in [4.69, 9.17) is 0 Å². The lowest BCUT2D eigenvalue weighted by Crippen LogP contribution is -2.45. The molecular formula is C55H103NO3. The van der Waals surface area contributed by atoms with E-state index in [1.165, 1.54) is 205 Å². The highest BCUT2D eigenvalue weighted by Gasteiger charge is 2.17. The first-order valence-corrected chi connectivity index (χ1v) is 26.4. The summed E-state index contributed by atoms with van der Waals surface area (Å²) in [4.78, 5) is 12.4. The number of carbonyl (C=O) groups is 1. The van der Waals surface area contributed by atoms with Gasteiger partial charge < -0.3 is 15.5 Å². The van der Waals surface area contributed by atoms with Crippen molar-refractivity contribution in [3.63, 3.8) is 0 Å². The maximum Gasteiger partial charge on any atom is 0.220 e. The number of hydrogen-bond acceptors (Lipinski definition) is 3. The van der Waals surface area contributed by atoms with Gasteiger partial charge in [0.15, 0.2) is 0 Å². The summed E-state index contributed by atoms with van der Waals surface area (Å²) in [6, 6.07) is -0.650. The summed E-state index contributed by atoms with van der Waals surface area (Å²) in [6.07, 6.45) is 69.8. The fourth-order valence-corrected chi connectivity index (χ4v) is 7.97. The van der Waals surface area contributed by atoms with E-state index in [-0.39, 0.29) is 12.5 Å². The van der Waals surface area contributed by atoms with Crippen molar-refractivity contribution in [1.29, 1.82) is 0 Å². The topological polar surface area (TPSA) is 69.6 Å². The molecule has 0 bridgehead atoms. The lowest BCUT2D eigenvalue weighted by molar-refractivity contribution is -0.123. The number of unbranched alkanes of at least 4 members (excludes halogenated alkanes) is 35. The third kappa shape index (κ3) is 47.3. The van der Waals surface area contributed by atoms with Crippen molar-refractivity contribution in [2.45, 2.75) is 289 Å². The van der Waals surface area contributed by atoms with Gasteiger partial charge in [0, 0.05) is 6.42 Å². The predicted octanol–water partition coefficient (Wildman–Crippen LogP) is 17.1. The van der Waals surface area contributed by atoms with Crippen LogP contribution in [0.4, 0.5) is 0 Å². The maximum absolute atomic E-state index is 12.4. The molecule has 0 aromatic carbocycles. The van der Waals surface area contributed by atoms with E-state index >= 15 is 0 Å². The molecule has 0 aliphatic rings. The Hall–Kier alpha value is -1.65. The van der Waals surface area contributed by atoms with Crippen molar-refractivity contribution in [1.82, 2.24) is 5.32 Å². The average molecular weight is 826 g/mol. The summed E-state index contributed by atoms with van der Waals surface area (Å²) in [6.45, 7) is 4.30. The van der Waals surface area contributed by atoms with Crippen LogP contribution in [-0.2, 0) is 4.79 Å². The van der Waals surface area contributed by atoms with E-state index in [2.05, 4.69) is 55.6 Å². The number of hydrogen-bond donors (Lipinski definition) is 3. The Morgan fingerprint density at radius 1 is 0.390 bits per heavy atom. The predicted molar refractivity (Wildman–Crippen MR) is 262 cm³/mol. The number of allylic oxidation sites excluding steroid dienone is 7. The van der Waals surface area contributed by atoms with Crippen LogP contribution in [-0.4, -0.2) is 34.9 Å². The molecule has 2 atom stereocenters. The van der Waals surface area contributed by atoms with Crippen LogP contribution in [0.25, 0.3) is 0 Å². The summed E-state index contributed by atoms with van der Waals surface area (Å²) < 4.78 is 0. The van der Waals surface area contributed by atoms with Gasteiger partial charge in [0.2, 0.25) is 5.91 Å². The van der Waals surface area contributed by atoms with Crippen molar-refractivity contribution >= 4 is 5.91 Å². The zero-order valence-corrected chi connectivity index (χ0v) is 39.8. The van der Waals surface area contributed by atoms with Gasteiger partial charge >= 0.3 is 0 Å². The van der Waals surface area contributed by atoms with E-state index in [0.29, 0.717) is 6.42 Å². The second kappa shape index (κ2) is 50.7. The van der Waals surface area contributed by atoms with Gasteiger partial charge in [-0.2, -0.15) is 0 Å². The van der Waals surface area contributed by atoms with Gasteiger partial charge in [-0.25, -0.2) is 0 Å². The molecule has 0 aliphatic carbocycles. The largest absolute Gasteiger partial charge is 0.394 e. The Kier molecular flexibility index (Phi) is 49.3. The molecule has 3 N–H and O–H groups in total. The van der Waals surface area contributed by atoms with Gasteiger partial charge in [-0.3, -0.25) is 4.79 Å². The maximum atomic E-state index is 12.4. The minimum absolute atomic E-state index is 0.0855. The van der Waals surface area contributed by atoms with Crippen molar-refractivity contribution < 1.29 is 15.0 Å². The zero-order chi connectivity index (χ0) is 42.8. The first-order valence-electron chi connectivity index (χ1n) is 26.4. The Morgan fingerprint density at radius 2 is 0.661 bits per heavy atom. The molecule has 0 radical (unpaired) electrons. The summed E-state index contributed by atoms with van der Waals surface area (Å²) in [5, 5.41) is 23.1. The molecule has 0 spiro atoms. The Morgan fingerprint density at radius 3 is 0.983 bits per heavy atom. The second-order valence-electron chi connectivity index (χ2n) is 17.9. The molecule has 59 heavy (non-hydrogen) atoms. The second-order valence-corrected chi connectivity index (χ2v) is 17.9. The molecule has 4 heteroatoms. The van der Waals surface area contributed by atoms with Gasteiger partial charge in [-0.15, -0.1) is 0 Å². The molecular weight excluding hydrogens is 723 g/mol. The fraction of sp³-hybridized carbons (Fsp3) is 0.836. The highest BCUT2D eigenvalue weighted by atomic mass is 16.3. The summed E-state index contributed by atoms with van der Waals surface area (Å²) in [7, 11) is 0. The minimum Gasteiger partial charge on any atom is -0.394 e. The molecule has 2 unspecified atom stereocenters. The number of nitrogens with one attached hydrogen (secondary N) is 1. The van der Waals surface area contributed by atoms with Gasteiger partial charge in [0.05, 0.1) is 18.8 Å². The monoisotopic (exact) mass is 826 g/mol. The van der Waals surface area contributed by atoms with Crippen molar-refractivity contribution in [3.05, 3.63) is 48.6 Å². The number of rotatable bonds is 48. The lowest BCUT2D eigenvalue weighted by atomic mass is 10.0. The summed E-state index contributed by atoms with van der Waals surface area (Å²) in [5.41, 5.74) is 0. The first-order chi connectivity index (χ1) is 29.2. The average Bonchev–Trinajstić information content (AvgIpc) is 3.24. The number of carbonyl (C=O) groups excluding carboxylic acids is 1. The van der Waals surface area contributed by atoms with Crippen LogP contribution in [0.1, 0.15) is 277 Å². The third-order valence-electron chi connectivity index (χ3n) is 12.0. The normalized spacial score (nSPS) is 13.2. The molecule has 0 saturated carbocycles. The van der Waals surface area contributed by atoms with Crippen LogP contribution in [0.3, 0.4) is 0 Å². The number of aliphatic hydroxyl groups excluding tert-OH is 2. The first kappa shape index (κ1) is 57.3. The molecule has 1 amide bonds. The molecule has 0 heterocycles. The molecule has 346 valence electrons. The van der Waals surface area contributed by atoms with Crippen LogP contribution < -0.4 is 5.32 Å². The van der Waals surface area contributed by atoms with Crippen molar-refractivity contribution in [3.8, 4) is 0 Å². The van der Waals surface area contributed by atoms with E-state index in [1.54, 1.807) is 6.08 Å². The zero-order valence-electron chi connectivity index (χ0n) is 39.8. The third-order valence-corrected chi connectivity index (χ3v) is 12.0. The van der Waals surface area contributed by atoms with Gasteiger partial charge in [-0.05, 0) is 70.6 Å². The quantitative estimate of drug-likeness (QED) is 0.0423. The number of aliphatic hydroxyl groups is 2. The Bertz CT molecular complexity index is 939. The van der Waals surface area contributed by atoms with Crippen LogP contribution in [0, 0.1) is 0 Å². The summed E-state index contributed by atoms with van der Waals surface area (Å²) in [5.74, 6) is -0.0855. The lowest BCUT2D eigenvalue weighted by Gasteiger charge is -2.19. The molecule has 0 aliphatic heterocycles. The van der Waals surface area contributed by atoms with Gasteiger partial charge in [0.25, 0.3) is 0 Å². The highest BCUT2D eigenvalue weighted by molar-refractivity contribution is 5.76. The van der Waals surface area contributed by atoms with E-state index in [9.17, 15) is 15.0 Å². The SMILES string of the molecule is CCCCCCCCC/C=C\CCCCCCCC(=O)NC(CO)C(O)/C=C/CC/C=C/CC/C=C/CCCCCCCCCCCCCCCCCCCCCCC. The molecule has 0 saturated heterocycles. The Balaban J connectivity index is 3.56. The van der Waals surface area contributed by atoms with Crippen LogP contribution in [0.2, 0.25) is 0 Å². The highest BCUT2D eigenvalue weighted by Crippen LogP contribution is 2.16. The fourth-order valence-electron chi connectivity index (χ4n) is 7.97. The van der Waals surface area contributed by atoms with Crippen LogP contribution in [0.5, 0.6) is 0 Å². The standard InChI is InChI=1S/C55H103NO3/c1-3-5-7-9-11-13-15-17-19-21-22-23-24-25-26-27-28-29-30-31-32-33-34-35-36-38-40-42-44-46-48-50-54(58)53(52-57)56-55(59)51-49-47-45-43-41-39-37-20-18-16-14-12-10-8-6-4-2/h20,34-35,37,40,42,48,50,53-54,57-58H,3-19,21-33,36,38-39,41,43-47,49,51-52H2,1-2H3,(H,56,59)/b35-34+,37-20-,42-40+,50-48+. The van der Waals surface area contributed by atoms with Crippen LogP contribution >= 0.6 is 0 Å². The van der Waals surface area contributed by atoms with Gasteiger partial charge in [-0.1, -0.05) is 249 Å². The van der Waals surface area contributed by atoms with E-state index in [1.807, 2.05) is 6.08 Å². The summed E-state index contributed by atoms with van der Waals surface area (Å²) >= 11 is 0. The van der Waals surface area contributed by atoms with Crippen molar-refractivity contribution in [2.75, 3.05) is 6.61 Å². The minimum atomic E-state index is -0.874. The van der Waals surface area contributed by atoms with Crippen LogP contribution in [0.15, 0.2) is 48.6 Å². The molecule has 0 aromatic heterocycles. The molecule has 0 aromatic rings. The number of amides is 1. The van der Waals surface area contributed by atoms with Gasteiger partial charge in [0.1, 0.15) is 0 Å². The van der Waals surface area contributed by atoms with Crippen molar-refractivity contribution in [2.24, 2.45) is 0 Å². The van der Waals surface area contributed by atoms with E-state index < -0.39 is 12.1 Å². The smallest absolute Gasteiger partial charge is 0.220 e. The molecule has 4 nitrogen and oxygen atoms in total. The molecule has 0 fully saturated rings.